The molecule has 4 heteroatoms. The zero-order valence-electron chi connectivity index (χ0n) is 14.9. The fourth-order valence-electron chi connectivity index (χ4n) is 2.66. The van der Waals surface area contributed by atoms with E-state index in [1.54, 1.807) is 11.3 Å². The van der Waals surface area contributed by atoms with Crippen LogP contribution in [-0.4, -0.2) is 17.4 Å². The number of hydrogen-bond acceptors (Lipinski definition) is 3. The molecule has 0 aliphatic rings. The second kappa shape index (κ2) is 8.08. The molecule has 0 aliphatic carbocycles. The average Bonchev–Trinajstić information content (AvgIpc) is 3.04. The van der Waals surface area contributed by atoms with Gasteiger partial charge in [-0.1, -0.05) is 60.2 Å². The molecule has 128 valence electrons. The topological polar surface area (TPSA) is 29.6 Å². The number of nitrogens with zero attached hydrogens (tertiary/aromatic N) is 3. The maximum absolute atomic E-state index is 4.85. The van der Waals surface area contributed by atoms with E-state index in [1.165, 1.54) is 11.1 Å². The van der Waals surface area contributed by atoms with Crippen LogP contribution in [-0.2, 0) is 6.42 Å². The second-order valence-corrected chi connectivity index (χ2v) is 6.96. The summed E-state index contributed by atoms with van der Waals surface area (Å²) in [6, 6.07) is 19.1. The molecular weight excluding hydrogens is 326 g/mol. The molecule has 0 radical (unpaired) electrons. The van der Waals surface area contributed by atoms with E-state index in [0.29, 0.717) is 0 Å². The van der Waals surface area contributed by atoms with Gasteiger partial charge < -0.3 is 0 Å². The number of rotatable bonds is 5. The van der Waals surface area contributed by atoms with Crippen LogP contribution in [0.2, 0.25) is 0 Å². The van der Waals surface area contributed by atoms with Gasteiger partial charge in [-0.15, -0.1) is 11.3 Å². The van der Waals surface area contributed by atoms with Crippen LogP contribution in [0, 0.1) is 6.92 Å². The van der Waals surface area contributed by atoms with E-state index in [1.807, 2.05) is 11.7 Å². The van der Waals surface area contributed by atoms with Crippen molar-refractivity contribution in [3.8, 4) is 11.3 Å². The van der Waals surface area contributed by atoms with Gasteiger partial charge >= 0.3 is 0 Å². The SMILES string of the molecule is CN=c1scc(-c2ccc(C)cc2)n1N=C(C)CCc1ccccc1. The Kier molecular flexibility index (Phi) is 5.61. The van der Waals surface area contributed by atoms with Crippen molar-refractivity contribution in [1.82, 2.24) is 4.68 Å². The molecule has 25 heavy (non-hydrogen) atoms. The smallest absolute Gasteiger partial charge is 0.205 e. The lowest BCUT2D eigenvalue weighted by Crippen LogP contribution is -2.13. The Balaban J connectivity index is 1.88. The largest absolute Gasteiger partial charge is 0.261 e. The zero-order valence-corrected chi connectivity index (χ0v) is 15.8. The first-order valence-electron chi connectivity index (χ1n) is 8.46. The normalized spacial score (nSPS) is 12.6. The third kappa shape index (κ3) is 4.34. The fraction of sp³-hybridized carbons (Fsp3) is 0.238. The summed E-state index contributed by atoms with van der Waals surface area (Å²) in [7, 11) is 1.82. The van der Waals surface area contributed by atoms with Crippen LogP contribution in [0.25, 0.3) is 11.3 Å². The van der Waals surface area contributed by atoms with Gasteiger partial charge in [0, 0.05) is 23.7 Å². The molecular formula is C21H23N3S. The van der Waals surface area contributed by atoms with Crippen molar-refractivity contribution in [2.45, 2.75) is 26.7 Å². The third-order valence-electron chi connectivity index (χ3n) is 4.11. The van der Waals surface area contributed by atoms with Crippen LogP contribution >= 0.6 is 11.3 Å². The molecule has 2 aromatic carbocycles. The molecule has 1 heterocycles. The zero-order chi connectivity index (χ0) is 17.6. The minimum atomic E-state index is 0.912. The van der Waals surface area contributed by atoms with Gasteiger partial charge in [0.1, 0.15) is 0 Å². The first-order chi connectivity index (χ1) is 12.2. The highest BCUT2D eigenvalue weighted by molar-refractivity contribution is 7.07. The Morgan fingerprint density at radius 1 is 1.04 bits per heavy atom. The molecule has 0 N–H and O–H groups in total. The van der Waals surface area contributed by atoms with E-state index < -0.39 is 0 Å². The number of hydrogen-bond donors (Lipinski definition) is 0. The standard InChI is InChI=1S/C21H23N3S/c1-16-9-13-19(14-10-16)20-15-25-21(22-3)24(20)23-17(2)11-12-18-7-5-4-6-8-18/h4-10,13-15H,11-12H2,1-3H3. The summed E-state index contributed by atoms with van der Waals surface area (Å²) in [5.41, 5.74) is 5.95. The summed E-state index contributed by atoms with van der Waals surface area (Å²) < 4.78 is 1.97. The Morgan fingerprint density at radius 3 is 2.44 bits per heavy atom. The van der Waals surface area contributed by atoms with E-state index >= 15 is 0 Å². The molecule has 0 fully saturated rings. The Hall–Kier alpha value is -2.46. The van der Waals surface area contributed by atoms with Crippen molar-refractivity contribution < 1.29 is 0 Å². The molecule has 0 saturated carbocycles. The van der Waals surface area contributed by atoms with Crippen molar-refractivity contribution in [2.75, 3.05) is 7.05 Å². The minimum absolute atomic E-state index is 0.912. The van der Waals surface area contributed by atoms with Crippen molar-refractivity contribution >= 4 is 17.0 Å². The van der Waals surface area contributed by atoms with Crippen molar-refractivity contribution in [2.24, 2.45) is 10.1 Å². The fourth-order valence-corrected chi connectivity index (χ4v) is 3.46. The van der Waals surface area contributed by atoms with Crippen LogP contribution in [0.5, 0.6) is 0 Å². The second-order valence-electron chi connectivity index (χ2n) is 6.13. The maximum atomic E-state index is 4.85. The van der Waals surface area contributed by atoms with Gasteiger partial charge in [-0.05, 0) is 32.3 Å². The lowest BCUT2D eigenvalue weighted by molar-refractivity contribution is 0.830. The Morgan fingerprint density at radius 2 is 1.76 bits per heavy atom. The highest BCUT2D eigenvalue weighted by atomic mass is 32.1. The van der Waals surface area contributed by atoms with Gasteiger partial charge in [0.2, 0.25) is 4.80 Å². The van der Waals surface area contributed by atoms with Crippen LogP contribution in [0.4, 0.5) is 0 Å². The summed E-state index contributed by atoms with van der Waals surface area (Å²) in [5.74, 6) is 0. The van der Waals surface area contributed by atoms with E-state index in [9.17, 15) is 0 Å². The molecule has 0 aliphatic heterocycles. The summed E-state index contributed by atoms with van der Waals surface area (Å²) in [5, 5.41) is 6.98. The van der Waals surface area contributed by atoms with E-state index in [0.717, 1.165) is 34.6 Å². The molecule has 3 nitrogen and oxygen atoms in total. The van der Waals surface area contributed by atoms with Gasteiger partial charge in [-0.25, -0.2) is 4.68 Å². The predicted molar refractivity (Wildman–Crippen MR) is 107 cm³/mol. The first-order valence-corrected chi connectivity index (χ1v) is 9.34. The summed E-state index contributed by atoms with van der Waals surface area (Å²) in [6.45, 7) is 4.19. The number of aryl methyl sites for hydroxylation is 2. The summed E-state index contributed by atoms with van der Waals surface area (Å²) in [6.07, 6.45) is 1.93. The lowest BCUT2D eigenvalue weighted by Gasteiger charge is -2.06. The highest BCUT2D eigenvalue weighted by Gasteiger charge is 2.08. The monoisotopic (exact) mass is 349 g/mol. The predicted octanol–water partition coefficient (Wildman–Crippen LogP) is 4.91. The van der Waals surface area contributed by atoms with Gasteiger partial charge in [0.05, 0.1) is 5.69 Å². The molecule has 0 amide bonds. The van der Waals surface area contributed by atoms with Gasteiger partial charge in [0.25, 0.3) is 0 Å². The van der Waals surface area contributed by atoms with E-state index in [2.05, 4.69) is 78.8 Å². The van der Waals surface area contributed by atoms with Crippen LogP contribution in [0.3, 0.4) is 0 Å². The van der Waals surface area contributed by atoms with Crippen LogP contribution < -0.4 is 4.80 Å². The van der Waals surface area contributed by atoms with Gasteiger partial charge in [-0.3, -0.25) is 4.99 Å². The summed E-state index contributed by atoms with van der Waals surface area (Å²) >= 11 is 1.62. The molecule has 1 aromatic heterocycles. The molecule has 0 saturated heterocycles. The Labute approximate surface area is 153 Å². The van der Waals surface area contributed by atoms with Gasteiger partial charge in [-0.2, -0.15) is 5.10 Å². The number of thiazole rings is 1. The van der Waals surface area contributed by atoms with Crippen LogP contribution in [0.1, 0.15) is 24.5 Å². The molecule has 0 unspecified atom stereocenters. The quantitative estimate of drug-likeness (QED) is 0.586. The van der Waals surface area contributed by atoms with E-state index in [-0.39, 0.29) is 0 Å². The highest BCUT2D eigenvalue weighted by Crippen LogP contribution is 2.21. The summed E-state index contributed by atoms with van der Waals surface area (Å²) in [4.78, 5) is 5.29. The van der Waals surface area contributed by atoms with Crippen molar-refractivity contribution in [3.63, 3.8) is 0 Å². The molecule has 0 atom stereocenters. The Bertz CT molecular complexity index is 916. The first kappa shape index (κ1) is 17.4. The van der Waals surface area contributed by atoms with Crippen molar-refractivity contribution in [1.29, 1.82) is 0 Å². The maximum Gasteiger partial charge on any atom is 0.205 e. The molecule has 0 spiro atoms. The molecule has 3 rings (SSSR count). The third-order valence-corrected chi connectivity index (χ3v) is 5.02. The molecule has 3 aromatic rings. The minimum Gasteiger partial charge on any atom is -0.261 e. The number of benzene rings is 2. The van der Waals surface area contributed by atoms with Crippen molar-refractivity contribution in [3.05, 3.63) is 75.9 Å². The average molecular weight is 350 g/mol. The molecule has 0 bridgehead atoms. The van der Waals surface area contributed by atoms with Crippen LogP contribution in [0.15, 0.2) is 70.1 Å². The van der Waals surface area contributed by atoms with E-state index in [4.69, 9.17) is 5.10 Å². The number of aromatic nitrogens is 1. The lowest BCUT2D eigenvalue weighted by atomic mass is 10.1. The van der Waals surface area contributed by atoms with Gasteiger partial charge in [0.15, 0.2) is 0 Å².